The minimum absolute atomic E-state index is 0.399. The van der Waals surface area contributed by atoms with Crippen LogP contribution in [0.3, 0.4) is 0 Å². The van der Waals surface area contributed by atoms with Crippen LogP contribution < -0.4 is 15.0 Å². The molecule has 1 aliphatic rings. The van der Waals surface area contributed by atoms with Gasteiger partial charge in [0, 0.05) is 26.2 Å². The van der Waals surface area contributed by atoms with Crippen molar-refractivity contribution >= 4 is 5.82 Å². The van der Waals surface area contributed by atoms with Gasteiger partial charge in [0.2, 0.25) is 5.88 Å². The van der Waals surface area contributed by atoms with Crippen LogP contribution in [-0.4, -0.2) is 36.2 Å². The second-order valence-corrected chi connectivity index (χ2v) is 4.21. The SMILES string of the molecule is CC(C)N(C)c1cnc2c(n1)OCCNC2. The van der Waals surface area contributed by atoms with Crippen LogP contribution >= 0.6 is 0 Å². The molecule has 1 aliphatic heterocycles. The highest BCUT2D eigenvalue weighted by Crippen LogP contribution is 2.20. The molecule has 0 atom stereocenters. The maximum Gasteiger partial charge on any atom is 0.239 e. The summed E-state index contributed by atoms with van der Waals surface area (Å²) in [6.07, 6.45) is 1.80. The van der Waals surface area contributed by atoms with Gasteiger partial charge >= 0.3 is 0 Å². The quantitative estimate of drug-likeness (QED) is 0.802. The molecule has 1 aromatic heterocycles. The largest absolute Gasteiger partial charge is 0.475 e. The molecule has 0 aromatic carbocycles. The molecule has 16 heavy (non-hydrogen) atoms. The number of nitrogens with one attached hydrogen (secondary N) is 1. The molecule has 0 spiro atoms. The van der Waals surface area contributed by atoms with Crippen molar-refractivity contribution in [2.75, 3.05) is 25.1 Å². The van der Waals surface area contributed by atoms with Crippen molar-refractivity contribution < 1.29 is 4.74 Å². The summed E-state index contributed by atoms with van der Waals surface area (Å²) >= 11 is 0. The highest BCUT2D eigenvalue weighted by atomic mass is 16.5. The molecule has 0 saturated carbocycles. The Morgan fingerprint density at radius 1 is 1.50 bits per heavy atom. The van der Waals surface area contributed by atoms with E-state index in [1.165, 1.54) is 0 Å². The lowest BCUT2D eigenvalue weighted by molar-refractivity contribution is 0.313. The Morgan fingerprint density at radius 2 is 2.31 bits per heavy atom. The van der Waals surface area contributed by atoms with E-state index in [2.05, 4.69) is 34.0 Å². The van der Waals surface area contributed by atoms with Gasteiger partial charge in [0.05, 0.1) is 6.20 Å². The number of nitrogens with zero attached hydrogens (tertiary/aromatic N) is 3. The summed E-state index contributed by atoms with van der Waals surface area (Å²) in [5.41, 5.74) is 0.887. The molecule has 0 saturated heterocycles. The minimum Gasteiger partial charge on any atom is -0.475 e. The predicted molar refractivity (Wildman–Crippen MR) is 62.8 cm³/mol. The summed E-state index contributed by atoms with van der Waals surface area (Å²) in [6.45, 7) is 6.46. The first-order valence-corrected chi connectivity index (χ1v) is 5.60. The fourth-order valence-corrected chi connectivity index (χ4v) is 1.49. The van der Waals surface area contributed by atoms with Gasteiger partial charge in [-0.3, -0.25) is 4.98 Å². The smallest absolute Gasteiger partial charge is 0.239 e. The molecule has 0 bridgehead atoms. The van der Waals surface area contributed by atoms with Crippen LogP contribution in [0.4, 0.5) is 5.82 Å². The Balaban J connectivity index is 2.27. The molecular formula is C11H18N4O. The molecule has 2 rings (SSSR count). The summed E-state index contributed by atoms with van der Waals surface area (Å²) in [7, 11) is 2.01. The Labute approximate surface area is 95.8 Å². The van der Waals surface area contributed by atoms with E-state index in [1.54, 1.807) is 6.20 Å². The van der Waals surface area contributed by atoms with E-state index in [1.807, 2.05) is 7.05 Å². The molecule has 2 heterocycles. The second kappa shape index (κ2) is 4.65. The zero-order valence-electron chi connectivity index (χ0n) is 10.0. The number of hydrogen-bond donors (Lipinski definition) is 1. The first kappa shape index (κ1) is 11.1. The summed E-state index contributed by atoms with van der Waals surface area (Å²) in [6, 6.07) is 0.399. The van der Waals surface area contributed by atoms with Crippen molar-refractivity contribution in [3.8, 4) is 5.88 Å². The maximum atomic E-state index is 5.56. The first-order valence-electron chi connectivity index (χ1n) is 5.60. The number of ether oxygens (including phenoxy) is 1. The molecule has 0 amide bonds. The van der Waals surface area contributed by atoms with E-state index in [-0.39, 0.29) is 0 Å². The van der Waals surface area contributed by atoms with Gasteiger partial charge in [-0.05, 0) is 13.8 Å². The van der Waals surface area contributed by atoms with Crippen molar-refractivity contribution in [3.05, 3.63) is 11.9 Å². The van der Waals surface area contributed by atoms with Gasteiger partial charge < -0.3 is 15.0 Å². The molecule has 88 valence electrons. The third-order valence-corrected chi connectivity index (χ3v) is 2.74. The standard InChI is InChI=1S/C11H18N4O/c1-8(2)15(3)10-7-13-9-6-12-4-5-16-11(9)14-10/h7-8,12H,4-6H2,1-3H3. The molecule has 0 radical (unpaired) electrons. The van der Waals surface area contributed by atoms with Gasteiger partial charge in [-0.2, -0.15) is 4.98 Å². The van der Waals surface area contributed by atoms with Crippen molar-refractivity contribution in [2.45, 2.75) is 26.4 Å². The number of anilines is 1. The van der Waals surface area contributed by atoms with E-state index >= 15 is 0 Å². The lowest BCUT2D eigenvalue weighted by atomic mass is 10.3. The van der Waals surface area contributed by atoms with E-state index in [4.69, 9.17) is 4.74 Å². The molecule has 1 N–H and O–H groups in total. The Bertz CT molecular complexity index is 367. The predicted octanol–water partition coefficient (Wildman–Crippen LogP) is 0.803. The fraction of sp³-hybridized carbons (Fsp3) is 0.636. The van der Waals surface area contributed by atoms with E-state index in [0.717, 1.165) is 24.6 Å². The number of hydrogen-bond acceptors (Lipinski definition) is 5. The number of rotatable bonds is 2. The summed E-state index contributed by atoms with van der Waals surface area (Å²) in [5.74, 6) is 1.52. The molecule has 0 aliphatic carbocycles. The zero-order chi connectivity index (χ0) is 11.5. The summed E-state index contributed by atoms with van der Waals surface area (Å²) < 4.78 is 5.56. The number of fused-ring (bicyclic) bond motifs is 1. The van der Waals surface area contributed by atoms with Gasteiger partial charge in [-0.15, -0.1) is 0 Å². The minimum atomic E-state index is 0.399. The van der Waals surface area contributed by atoms with Crippen LogP contribution in [0.2, 0.25) is 0 Å². The van der Waals surface area contributed by atoms with Crippen LogP contribution in [0, 0.1) is 0 Å². The van der Waals surface area contributed by atoms with E-state index in [9.17, 15) is 0 Å². The second-order valence-electron chi connectivity index (χ2n) is 4.21. The highest BCUT2D eigenvalue weighted by molar-refractivity contribution is 5.39. The van der Waals surface area contributed by atoms with Gasteiger partial charge in [-0.25, -0.2) is 0 Å². The van der Waals surface area contributed by atoms with Crippen molar-refractivity contribution in [1.82, 2.24) is 15.3 Å². The normalized spacial score (nSPS) is 15.2. The Morgan fingerprint density at radius 3 is 3.06 bits per heavy atom. The average Bonchev–Trinajstić information content (AvgIpc) is 2.51. The van der Waals surface area contributed by atoms with E-state index < -0.39 is 0 Å². The van der Waals surface area contributed by atoms with Crippen molar-refractivity contribution in [1.29, 1.82) is 0 Å². The monoisotopic (exact) mass is 222 g/mol. The van der Waals surface area contributed by atoms with Crippen LogP contribution in [0.15, 0.2) is 6.20 Å². The lowest BCUT2D eigenvalue weighted by Gasteiger charge is -2.22. The topological polar surface area (TPSA) is 50.3 Å². The van der Waals surface area contributed by atoms with Gasteiger partial charge in [0.25, 0.3) is 0 Å². The van der Waals surface area contributed by atoms with Gasteiger partial charge in [-0.1, -0.05) is 0 Å². The van der Waals surface area contributed by atoms with E-state index in [0.29, 0.717) is 18.5 Å². The fourth-order valence-electron chi connectivity index (χ4n) is 1.49. The molecule has 1 aromatic rings. The van der Waals surface area contributed by atoms with Crippen LogP contribution in [0.1, 0.15) is 19.5 Å². The highest BCUT2D eigenvalue weighted by Gasteiger charge is 2.14. The lowest BCUT2D eigenvalue weighted by Crippen LogP contribution is -2.27. The number of aromatic nitrogens is 2. The summed E-state index contributed by atoms with van der Waals surface area (Å²) in [4.78, 5) is 11.0. The molecule has 5 heteroatoms. The molecule has 0 unspecified atom stereocenters. The zero-order valence-corrected chi connectivity index (χ0v) is 10.0. The maximum absolute atomic E-state index is 5.56. The third-order valence-electron chi connectivity index (χ3n) is 2.74. The van der Waals surface area contributed by atoms with Crippen LogP contribution in [-0.2, 0) is 6.54 Å². The molecular weight excluding hydrogens is 204 g/mol. The third kappa shape index (κ3) is 2.24. The van der Waals surface area contributed by atoms with Crippen LogP contribution in [0.5, 0.6) is 5.88 Å². The average molecular weight is 222 g/mol. The Kier molecular flexibility index (Phi) is 3.24. The Hall–Kier alpha value is -1.36. The molecule has 5 nitrogen and oxygen atoms in total. The van der Waals surface area contributed by atoms with Crippen molar-refractivity contribution in [3.63, 3.8) is 0 Å². The summed E-state index contributed by atoms with van der Waals surface area (Å²) in [5, 5.41) is 3.23. The first-order chi connectivity index (χ1) is 7.68. The van der Waals surface area contributed by atoms with Crippen molar-refractivity contribution in [2.24, 2.45) is 0 Å². The van der Waals surface area contributed by atoms with Crippen LogP contribution in [0.25, 0.3) is 0 Å². The molecule has 0 fully saturated rings. The van der Waals surface area contributed by atoms with Gasteiger partial charge in [0.15, 0.2) is 5.82 Å². The van der Waals surface area contributed by atoms with Gasteiger partial charge in [0.1, 0.15) is 12.3 Å².